The van der Waals surface area contributed by atoms with Gasteiger partial charge >= 0.3 is 12.1 Å². The number of alkyl halides is 3. The van der Waals surface area contributed by atoms with Gasteiger partial charge in [0.25, 0.3) is 0 Å². The van der Waals surface area contributed by atoms with Crippen molar-refractivity contribution in [3.8, 4) is 0 Å². The monoisotopic (exact) mass is 290 g/mol. The van der Waals surface area contributed by atoms with Crippen LogP contribution in [-0.2, 0) is 15.7 Å². The smallest absolute Gasteiger partial charge is 0.433 e. The third-order valence-electron chi connectivity index (χ3n) is 3.62. The van der Waals surface area contributed by atoms with Crippen LogP contribution in [0.3, 0.4) is 0 Å². The maximum Gasteiger partial charge on any atom is 0.433 e. The molecule has 0 N–H and O–H groups in total. The van der Waals surface area contributed by atoms with E-state index in [4.69, 9.17) is 4.74 Å². The first-order chi connectivity index (χ1) is 9.43. The molecule has 1 aliphatic rings. The van der Waals surface area contributed by atoms with E-state index in [9.17, 15) is 18.0 Å². The fraction of sp³-hybridized carbons (Fsp3) is 0.692. The SMILES string of the molecule is CCOC(=O)C1CCC(n2nccc2C(F)(F)F)CC1. The molecule has 1 aromatic heterocycles. The van der Waals surface area contributed by atoms with Gasteiger partial charge in [-0.1, -0.05) is 0 Å². The van der Waals surface area contributed by atoms with Gasteiger partial charge < -0.3 is 4.74 Å². The van der Waals surface area contributed by atoms with E-state index in [1.54, 1.807) is 6.92 Å². The lowest BCUT2D eigenvalue weighted by Gasteiger charge is -2.28. The number of nitrogens with zero attached hydrogens (tertiary/aromatic N) is 2. The van der Waals surface area contributed by atoms with E-state index in [2.05, 4.69) is 5.10 Å². The summed E-state index contributed by atoms with van der Waals surface area (Å²) in [5.74, 6) is -0.446. The molecule has 0 unspecified atom stereocenters. The average Bonchev–Trinajstić information content (AvgIpc) is 2.88. The second kappa shape index (κ2) is 5.85. The highest BCUT2D eigenvalue weighted by atomic mass is 19.4. The zero-order valence-corrected chi connectivity index (χ0v) is 11.2. The summed E-state index contributed by atoms with van der Waals surface area (Å²) in [6, 6.07) is 0.685. The molecule has 0 radical (unpaired) electrons. The molecule has 0 saturated heterocycles. The normalized spacial score (nSPS) is 23.6. The molecule has 0 bridgehead atoms. The van der Waals surface area contributed by atoms with Crippen LogP contribution in [0.2, 0.25) is 0 Å². The summed E-state index contributed by atoms with van der Waals surface area (Å²) in [7, 11) is 0. The van der Waals surface area contributed by atoms with Gasteiger partial charge in [0.05, 0.1) is 18.6 Å². The van der Waals surface area contributed by atoms with Crippen molar-refractivity contribution in [1.29, 1.82) is 0 Å². The molecular weight excluding hydrogens is 273 g/mol. The molecule has 0 amide bonds. The molecule has 4 nitrogen and oxygen atoms in total. The number of ether oxygens (including phenoxy) is 1. The first-order valence-corrected chi connectivity index (χ1v) is 6.70. The molecule has 1 heterocycles. The standard InChI is InChI=1S/C13H17F3N2O2/c1-2-20-12(19)9-3-5-10(6-4-9)18-11(7-8-17-18)13(14,15)16/h7-10H,2-6H2,1H3. The minimum absolute atomic E-state index is 0.198. The number of hydrogen-bond acceptors (Lipinski definition) is 3. The molecule has 0 atom stereocenters. The number of esters is 1. The lowest BCUT2D eigenvalue weighted by atomic mass is 9.86. The van der Waals surface area contributed by atoms with E-state index >= 15 is 0 Å². The molecule has 0 aromatic carbocycles. The molecule has 112 valence electrons. The van der Waals surface area contributed by atoms with Crippen LogP contribution in [0.5, 0.6) is 0 Å². The van der Waals surface area contributed by atoms with Gasteiger partial charge in [-0.3, -0.25) is 9.48 Å². The van der Waals surface area contributed by atoms with Gasteiger partial charge in [0, 0.05) is 6.20 Å². The molecule has 1 aliphatic carbocycles. The summed E-state index contributed by atoms with van der Waals surface area (Å²) in [6.07, 6.45) is -1.13. The second-order valence-corrected chi connectivity index (χ2v) is 4.92. The van der Waals surface area contributed by atoms with Crippen molar-refractivity contribution in [3.63, 3.8) is 0 Å². The van der Waals surface area contributed by atoms with Crippen LogP contribution in [-0.4, -0.2) is 22.4 Å². The molecule has 20 heavy (non-hydrogen) atoms. The van der Waals surface area contributed by atoms with Crippen LogP contribution in [0.4, 0.5) is 13.2 Å². The van der Waals surface area contributed by atoms with E-state index in [1.165, 1.54) is 6.20 Å². The van der Waals surface area contributed by atoms with Crippen LogP contribution in [0, 0.1) is 5.92 Å². The molecule has 2 rings (SSSR count). The van der Waals surface area contributed by atoms with Crippen LogP contribution in [0.25, 0.3) is 0 Å². The molecule has 1 fully saturated rings. The van der Waals surface area contributed by atoms with E-state index in [0.717, 1.165) is 10.7 Å². The van der Waals surface area contributed by atoms with Gasteiger partial charge in [-0.2, -0.15) is 18.3 Å². The van der Waals surface area contributed by atoms with Gasteiger partial charge in [-0.05, 0) is 38.7 Å². The first-order valence-electron chi connectivity index (χ1n) is 6.70. The van der Waals surface area contributed by atoms with Gasteiger partial charge in [-0.15, -0.1) is 0 Å². The molecule has 1 aromatic rings. The number of aromatic nitrogens is 2. The quantitative estimate of drug-likeness (QED) is 0.803. The lowest BCUT2D eigenvalue weighted by Crippen LogP contribution is -2.27. The molecule has 7 heteroatoms. The zero-order valence-electron chi connectivity index (χ0n) is 11.2. The number of halogens is 3. The predicted octanol–water partition coefficient (Wildman–Crippen LogP) is 3.20. The van der Waals surface area contributed by atoms with Gasteiger partial charge in [-0.25, -0.2) is 0 Å². The molecule has 0 spiro atoms. The number of hydrogen-bond donors (Lipinski definition) is 0. The fourth-order valence-corrected chi connectivity index (χ4v) is 2.65. The maximum absolute atomic E-state index is 12.8. The summed E-state index contributed by atoms with van der Waals surface area (Å²) in [6.45, 7) is 2.07. The summed E-state index contributed by atoms with van der Waals surface area (Å²) in [4.78, 5) is 11.6. The minimum atomic E-state index is -4.39. The van der Waals surface area contributed by atoms with Crippen molar-refractivity contribution in [2.75, 3.05) is 6.61 Å². The van der Waals surface area contributed by atoms with E-state index in [-0.39, 0.29) is 17.9 Å². The zero-order chi connectivity index (χ0) is 14.8. The van der Waals surface area contributed by atoms with E-state index < -0.39 is 11.9 Å². The Balaban J connectivity index is 2.01. The fourth-order valence-electron chi connectivity index (χ4n) is 2.65. The largest absolute Gasteiger partial charge is 0.466 e. The Morgan fingerprint density at radius 3 is 2.60 bits per heavy atom. The first kappa shape index (κ1) is 14.9. The van der Waals surface area contributed by atoms with Crippen molar-refractivity contribution in [1.82, 2.24) is 9.78 Å². The maximum atomic E-state index is 12.8. The van der Waals surface area contributed by atoms with Gasteiger partial charge in [0.2, 0.25) is 0 Å². The van der Waals surface area contributed by atoms with Crippen LogP contribution in [0.1, 0.15) is 44.3 Å². The molecule has 0 aliphatic heterocycles. The highest BCUT2D eigenvalue weighted by molar-refractivity contribution is 5.72. The number of carbonyl (C=O) groups is 1. The van der Waals surface area contributed by atoms with Crippen molar-refractivity contribution < 1.29 is 22.7 Å². The van der Waals surface area contributed by atoms with Crippen LogP contribution in [0.15, 0.2) is 12.3 Å². The van der Waals surface area contributed by atoms with Crippen molar-refractivity contribution >= 4 is 5.97 Å². The van der Waals surface area contributed by atoms with E-state index in [1.807, 2.05) is 0 Å². The summed E-state index contributed by atoms with van der Waals surface area (Å²) in [5.41, 5.74) is -0.725. The topological polar surface area (TPSA) is 44.1 Å². The summed E-state index contributed by atoms with van der Waals surface area (Å²) < 4.78 is 44.4. The van der Waals surface area contributed by atoms with E-state index in [0.29, 0.717) is 32.3 Å². The Labute approximate surface area is 114 Å². The molecule has 1 saturated carbocycles. The van der Waals surface area contributed by atoms with Gasteiger partial charge in [0.15, 0.2) is 0 Å². The Hall–Kier alpha value is -1.53. The van der Waals surface area contributed by atoms with Crippen molar-refractivity contribution in [3.05, 3.63) is 18.0 Å². The average molecular weight is 290 g/mol. The highest BCUT2D eigenvalue weighted by Crippen LogP contribution is 2.37. The van der Waals surface area contributed by atoms with Gasteiger partial charge in [0.1, 0.15) is 5.69 Å². The minimum Gasteiger partial charge on any atom is -0.466 e. The lowest BCUT2D eigenvalue weighted by molar-refractivity contribution is -0.150. The van der Waals surface area contributed by atoms with Crippen molar-refractivity contribution in [2.45, 2.75) is 44.8 Å². The Bertz CT molecular complexity index is 462. The highest BCUT2D eigenvalue weighted by Gasteiger charge is 2.37. The Kier molecular flexibility index (Phi) is 4.35. The number of rotatable bonds is 3. The second-order valence-electron chi connectivity index (χ2n) is 4.92. The third-order valence-corrected chi connectivity index (χ3v) is 3.62. The predicted molar refractivity (Wildman–Crippen MR) is 64.9 cm³/mol. The van der Waals surface area contributed by atoms with Crippen LogP contribution >= 0.6 is 0 Å². The summed E-state index contributed by atoms with van der Waals surface area (Å²) >= 11 is 0. The number of carbonyl (C=O) groups excluding carboxylic acids is 1. The third kappa shape index (κ3) is 3.13. The summed E-state index contributed by atoms with van der Waals surface area (Å²) in [5, 5.41) is 3.79. The Morgan fingerprint density at radius 1 is 1.40 bits per heavy atom. The molecular formula is C13H17F3N2O2. The van der Waals surface area contributed by atoms with Crippen molar-refractivity contribution in [2.24, 2.45) is 5.92 Å². The van der Waals surface area contributed by atoms with Crippen LogP contribution < -0.4 is 0 Å². The Morgan fingerprint density at radius 2 is 2.05 bits per heavy atom.